The van der Waals surface area contributed by atoms with Gasteiger partial charge in [0.05, 0.1) is 5.56 Å². The summed E-state index contributed by atoms with van der Waals surface area (Å²) in [5.74, 6) is 1.82. The molecular formula is C16H14N4O. The standard InChI is InChI=1S/C16H14N4O/c1-11-6-12-7-14(2-3-15(12)21-11)20-5-4-19-16(20)13-8-17-10-18-9-13/h2-5,7-11H,6H2,1H3. The summed E-state index contributed by atoms with van der Waals surface area (Å²) in [6.07, 6.45) is 9.99. The van der Waals surface area contributed by atoms with E-state index in [1.165, 1.54) is 11.9 Å². The van der Waals surface area contributed by atoms with Crippen molar-refractivity contribution < 1.29 is 4.74 Å². The molecule has 3 heterocycles. The van der Waals surface area contributed by atoms with Gasteiger partial charge in [-0.3, -0.25) is 4.57 Å². The van der Waals surface area contributed by atoms with Crippen molar-refractivity contribution >= 4 is 0 Å². The summed E-state index contributed by atoms with van der Waals surface area (Å²) in [6.45, 7) is 2.09. The summed E-state index contributed by atoms with van der Waals surface area (Å²) in [5.41, 5.74) is 3.21. The molecule has 0 radical (unpaired) electrons. The highest BCUT2D eigenvalue weighted by Crippen LogP contribution is 2.31. The maximum Gasteiger partial charge on any atom is 0.147 e. The predicted octanol–water partition coefficient (Wildman–Crippen LogP) is 2.65. The molecule has 1 aliphatic rings. The molecule has 21 heavy (non-hydrogen) atoms. The minimum atomic E-state index is 0.250. The lowest BCUT2D eigenvalue weighted by Crippen LogP contribution is -2.05. The highest BCUT2D eigenvalue weighted by Gasteiger charge is 2.19. The van der Waals surface area contributed by atoms with E-state index in [2.05, 4.69) is 27.9 Å². The first-order chi connectivity index (χ1) is 10.3. The SMILES string of the molecule is CC1Cc2cc(-n3ccnc3-c3cncnc3)ccc2O1. The van der Waals surface area contributed by atoms with Crippen LogP contribution in [0.5, 0.6) is 5.75 Å². The molecule has 1 atom stereocenters. The maximum atomic E-state index is 5.75. The minimum absolute atomic E-state index is 0.250. The van der Waals surface area contributed by atoms with Crippen LogP contribution in [0.1, 0.15) is 12.5 Å². The number of imidazole rings is 1. The lowest BCUT2D eigenvalue weighted by molar-refractivity contribution is 0.254. The zero-order valence-corrected chi connectivity index (χ0v) is 11.6. The van der Waals surface area contributed by atoms with Crippen molar-refractivity contribution in [1.82, 2.24) is 19.5 Å². The number of hydrogen-bond acceptors (Lipinski definition) is 4. The Morgan fingerprint density at radius 3 is 2.95 bits per heavy atom. The van der Waals surface area contributed by atoms with Crippen molar-refractivity contribution in [3.05, 3.63) is 54.9 Å². The number of rotatable bonds is 2. The number of ether oxygens (including phenoxy) is 1. The van der Waals surface area contributed by atoms with E-state index in [0.29, 0.717) is 0 Å². The average Bonchev–Trinajstić information content (AvgIpc) is 3.12. The van der Waals surface area contributed by atoms with Crippen molar-refractivity contribution in [2.24, 2.45) is 0 Å². The van der Waals surface area contributed by atoms with Gasteiger partial charge in [0.25, 0.3) is 0 Å². The van der Waals surface area contributed by atoms with E-state index in [1.54, 1.807) is 18.6 Å². The molecule has 0 amide bonds. The zero-order valence-electron chi connectivity index (χ0n) is 11.6. The van der Waals surface area contributed by atoms with E-state index in [9.17, 15) is 0 Å². The third kappa shape index (κ3) is 2.07. The lowest BCUT2D eigenvalue weighted by atomic mass is 10.1. The third-order valence-corrected chi connectivity index (χ3v) is 3.62. The Labute approximate surface area is 122 Å². The Morgan fingerprint density at radius 1 is 1.24 bits per heavy atom. The number of fused-ring (bicyclic) bond motifs is 1. The fraction of sp³-hybridized carbons (Fsp3) is 0.188. The van der Waals surface area contributed by atoms with Gasteiger partial charge in [0.15, 0.2) is 0 Å². The van der Waals surface area contributed by atoms with E-state index < -0.39 is 0 Å². The molecule has 5 heteroatoms. The van der Waals surface area contributed by atoms with Crippen LogP contribution in [-0.4, -0.2) is 25.6 Å². The Balaban J connectivity index is 1.79. The first-order valence-electron chi connectivity index (χ1n) is 6.90. The van der Waals surface area contributed by atoms with E-state index >= 15 is 0 Å². The molecule has 0 aliphatic carbocycles. The highest BCUT2D eigenvalue weighted by atomic mass is 16.5. The summed E-state index contributed by atoms with van der Waals surface area (Å²) in [5, 5.41) is 0. The van der Waals surface area contributed by atoms with E-state index in [0.717, 1.165) is 29.2 Å². The monoisotopic (exact) mass is 278 g/mol. The second-order valence-corrected chi connectivity index (χ2v) is 5.17. The van der Waals surface area contributed by atoms with E-state index in [4.69, 9.17) is 4.74 Å². The molecule has 1 aliphatic heterocycles. The van der Waals surface area contributed by atoms with Gasteiger partial charge in [-0.1, -0.05) is 0 Å². The minimum Gasteiger partial charge on any atom is -0.490 e. The molecule has 5 nitrogen and oxygen atoms in total. The average molecular weight is 278 g/mol. The maximum absolute atomic E-state index is 5.75. The Kier molecular flexibility index (Phi) is 2.70. The summed E-state index contributed by atoms with van der Waals surface area (Å²) in [6, 6.07) is 6.24. The summed E-state index contributed by atoms with van der Waals surface area (Å²) in [4.78, 5) is 12.5. The molecular weight excluding hydrogens is 264 g/mol. The van der Waals surface area contributed by atoms with Crippen LogP contribution in [0.4, 0.5) is 0 Å². The summed E-state index contributed by atoms with van der Waals surface area (Å²) in [7, 11) is 0. The molecule has 4 rings (SSSR count). The molecule has 104 valence electrons. The molecule has 3 aromatic rings. The van der Waals surface area contributed by atoms with E-state index in [-0.39, 0.29) is 6.10 Å². The normalized spacial score (nSPS) is 16.5. The Hall–Kier alpha value is -2.69. The highest BCUT2D eigenvalue weighted by molar-refractivity contribution is 5.57. The van der Waals surface area contributed by atoms with Crippen LogP contribution in [-0.2, 0) is 6.42 Å². The quantitative estimate of drug-likeness (QED) is 0.723. The van der Waals surface area contributed by atoms with Gasteiger partial charge < -0.3 is 4.74 Å². The first kappa shape index (κ1) is 12.1. The Morgan fingerprint density at radius 2 is 2.10 bits per heavy atom. The van der Waals surface area contributed by atoms with Crippen molar-refractivity contribution in [2.45, 2.75) is 19.4 Å². The van der Waals surface area contributed by atoms with Crippen molar-refractivity contribution in [1.29, 1.82) is 0 Å². The number of hydrogen-bond donors (Lipinski definition) is 0. The summed E-state index contributed by atoms with van der Waals surface area (Å²) >= 11 is 0. The van der Waals surface area contributed by atoms with Crippen LogP contribution in [0.25, 0.3) is 17.1 Å². The molecule has 0 spiro atoms. The third-order valence-electron chi connectivity index (χ3n) is 3.62. The van der Waals surface area contributed by atoms with Crippen LogP contribution < -0.4 is 4.74 Å². The first-order valence-corrected chi connectivity index (χ1v) is 6.90. The fourth-order valence-electron chi connectivity index (χ4n) is 2.70. The van der Waals surface area contributed by atoms with Crippen molar-refractivity contribution in [2.75, 3.05) is 0 Å². The van der Waals surface area contributed by atoms with Crippen LogP contribution in [0.15, 0.2) is 49.3 Å². The molecule has 0 saturated carbocycles. The topological polar surface area (TPSA) is 52.8 Å². The second-order valence-electron chi connectivity index (χ2n) is 5.17. The molecule has 0 saturated heterocycles. The summed E-state index contributed by atoms with van der Waals surface area (Å²) < 4.78 is 7.79. The smallest absolute Gasteiger partial charge is 0.147 e. The molecule has 0 fully saturated rings. The second kappa shape index (κ2) is 4.70. The van der Waals surface area contributed by atoms with Crippen molar-refractivity contribution in [3.8, 4) is 22.8 Å². The van der Waals surface area contributed by atoms with Crippen LogP contribution in [0.2, 0.25) is 0 Å². The van der Waals surface area contributed by atoms with Gasteiger partial charge in [-0.25, -0.2) is 15.0 Å². The van der Waals surface area contributed by atoms with Gasteiger partial charge >= 0.3 is 0 Å². The van der Waals surface area contributed by atoms with Gasteiger partial charge in [-0.05, 0) is 30.7 Å². The van der Waals surface area contributed by atoms with Crippen molar-refractivity contribution in [3.63, 3.8) is 0 Å². The van der Waals surface area contributed by atoms with Crippen LogP contribution >= 0.6 is 0 Å². The molecule has 0 bridgehead atoms. The zero-order chi connectivity index (χ0) is 14.2. The largest absolute Gasteiger partial charge is 0.490 e. The number of aromatic nitrogens is 4. The molecule has 2 aromatic heterocycles. The van der Waals surface area contributed by atoms with Gasteiger partial charge in [0.2, 0.25) is 0 Å². The van der Waals surface area contributed by atoms with Gasteiger partial charge in [0.1, 0.15) is 24.0 Å². The van der Waals surface area contributed by atoms with Crippen LogP contribution in [0, 0.1) is 0 Å². The lowest BCUT2D eigenvalue weighted by Gasteiger charge is -2.09. The molecule has 1 unspecified atom stereocenters. The van der Waals surface area contributed by atoms with Gasteiger partial charge in [-0.2, -0.15) is 0 Å². The predicted molar refractivity (Wildman–Crippen MR) is 78.4 cm³/mol. The van der Waals surface area contributed by atoms with Crippen LogP contribution in [0.3, 0.4) is 0 Å². The van der Waals surface area contributed by atoms with E-state index in [1.807, 2.05) is 22.9 Å². The number of nitrogens with zero attached hydrogens (tertiary/aromatic N) is 4. The molecule has 1 aromatic carbocycles. The Bertz CT molecular complexity index is 782. The van der Waals surface area contributed by atoms with Gasteiger partial charge in [0, 0.05) is 36.9 Å². The molecule has 0 N–H and O–H groups in total. The van der Waals surface area contributed by atoms with Gasteiger partial charge in [-0.15, -0.1) is 0 Å². The number of benzene rings is 1. The fourth-order valence-corrected chi connectivity index (χ4v) is 2.70.